The van der Waals surface area contributed by atoms with E-state index in [9.17, 15) is 4.79 Å². The lowest BCUT2D eigenvalue weighted by Crippen LogP contribution is -2.01. The normalized spacial score (nSPS) is 10.4. The van der Waals surface area contributed by atoms with Gasteiger partial charge in [0.15, 0.2) is 0 Å². The van der Waals surface area contributed by atoms with Crippen LogP contribution in [0.2, 0.25) is 5.02 Å². The zero-order valence-electron chi connectivity index (χ0n) is 8.40. The van der Waals surface area contributed by atoms with E-state index >= 15 is 0 Å². The Labute approximate surface area is 96.4 Å². The molecule has 16 heavy (non-hydrogen) atoms. The van der Waals surface area contributed by atoms with Crippen molar-refractivity contribution in [2.24, 2.45) is 0 Å². The Bertz CT molecular complexity index is 568. The van der Waals surface area contributed by atoms with Gasteiger partial charge in [0.2, 0.25) is 5.88 Å². The van der Waals surface area contributed by atoms with Gasteiger partial charge >= 0.3 is 5.97 Å². The van der Waals surface area contributed by atoms with E-state index in [0.29, 0.717) is 21.7 Å². The molecule has 0 unspecified atom stereocenters. The number of methoxy groups -OCH3 is 1. The van der Waals surface area contributed by atoms with Crippen LogP contribution < -0.4 is 4.74 Å². The second kappa shape index (κ2) is 3.98. The minimum absolute atomic E-state index is 0.0707. The number of pyridine rings is 1. The van der Waals surface area contributed by atoms with Crippen LogP contribution in [-0.4, -0.2) is 23.2 Å². The van der Waals surface area contributed by atoms with E-state index in [1.165, 1.54) is 13.3 Å². The van der Waals surface area contributed by atoms with Crippen LogP contribution in [0.5, 0.6) is 5.88 Å². The zero-order chi connectivity index (χ0) is 11.7. The van der Waals surface area contributed by atoms with Crippen LogP contribution in [0.15, 0.2) is 24.4 Å². The number of fused-ring (bicyclic) bond motifs is 1. The van der Waals surface area contributed by atoms with Crippen molar-refractivity contribution in [3.63, 3.8) is 0 Å². The Kier molecular flexibility index (Phi) is 2.66. The number of ether oxygens (including phenoxy) is 1. The number of hydrogen-bond donors (Lipinski definition) is 1. The number of carboxylic acids is 1. The molecule has 82 valence electrons. The second-order valence-corrected chi connectivity index (χ2v) is 3.56. The fourth-order valence-corrected chi connectivity index (χ4v) is 1.83. The first-order valence-electron chi connectivity index (χ1n) is 4.49. The standard InChI is InChI=1S/C11H8ClNO3/c1-16-10-6-3-2-4-8(12)9(6)7(5-13-10)11(14)15/h2-5H,1H3,(H,14,15). The molecule has 1 aromatic heterocycles. The predicted molar refractivity (Wildman–Crippen MR) is 60.3 cm³/mol. The molecule has 0 aliphatic carbocycles. The summed E-state index contributed by atoms with van der Waals surface area (Å²) in [6.07, 6.45) is 1.25. The lowest BCUT2D eigenvalue weighted by atomic mass is 10.1. The molecule has 0 fully saturated rings. The Hall–Kier alpha value is -1.81. The molecule has 1 heterocycles. The third kappa shape index (κ3) is 1.57. The predicted octanol–water partition coefficient (Wildman–Crippen LogP) is 2.60. The van der Waals surface area contributed by atoms with Crippen LogP contribution in [0.3, 0.4) is 0 Å². The molecule has 2 rings (SSSR count). The topological polar surface area (TPSA) is 59.4 Å². The highest BCUT2D eigenvalue weighted by molar-refractivity contribution is 6.36. The lowest BCUT2D eigenvalue weighted by molar-refractivity contribution is 0.0698. The van der Waals surface area contributed by atoms with E-state index in [4.69, 9.17) is 21.4 Å². The first-order chi connectivity index (χ1) is 7.65. The molecular weight excluding hydrogens is 230 g/mol. The Morgan fingerprint density at radius 3 is 2.88 bits per heavy atom. The van der Waals surface area contributed by atoms with Gasteiger partial charge in [-0.2, -0.15) is 0 Å². The van der Waals surface area contributed by atoms with Gasteiger partial charge in [0, 0.05) is 22.0 Å². The van der Waals surface area contributed by atoms with Crippen molar-refractivity contribution in [3.05, 3.63) is 35.0 Å². The molecule has 0 spiro atoms. The summed E-state index contributed by atoms with van der Waals surface area (Å²) in [6.45, 7) is 0. The van der Waals surface area contributed by atoms with Gasteiger partial charge in [-0.25, -0.2) is 9.78 Å². The Balaban J connectivity index is 2.92. The van der Waals surface area contributed by atoms with E-state index in [2.05, 4.69) is 4.98 Å². The summed E-state index contributed by atoms with van der Waals surface area (Å²) in [5, 5.41) is 10.4. The first kappa shape index (κ1) is 10.7. The van der Waals surface area contributed by atoms with Crippen LogP contribution in [0, 0.1) is 0 Å². The highest BCUT2D eigenvalue weighted by Gasteiger charge is 2.15. The number of carbonyl (C=O) groups is 1. The van der Waals surface area contributed by atoms with Gasteiger partial charge in [-0.1, -0.05) is 17.7 Å². The average molecular weight is 238 g/mol. The number of aromatic carboxylic acids is 1. The molecule has 0 bridgehead atoms. The number of aromatic nitrogens is 1. The molecule has 1 N–H and O–H groups in total. The van der Waals surface area contributed by atoms with Crippen LogP contribution in [0.1, 0.15) is 10.4 Å². The molecule has 0 atom stereocenters. The van der Waals surface area contributed by atoms with E-state index in [-0.39, 0.29) is 5.56 Å². The van der Waals surface area contributed by atoms with Crippen LogP contribution in [-0.2, 0) is 0 Å². The first-order valence-corrected chi connectivity index (χ1v) is 4.87. The van der Waals surface area contributed by atoms with E-state index in [0.717, 1.165) is 0 Å². The molecule has 0 aliphatic rings. The molecule has 4 nitrogen and oxygen atoms in total. The summed E-state index contributed by atoms with van der Waals surface area (Å²) in [5.41, 5.74) is 0.0707. The van der Waals surface area contributed by atoms with Gasteiger partial charge < -0.3 is 9.84 Å². The van der Waals surface area contributed by atoms with Crippen molar-refractivity contribution in [2.45, 2.75) is 0 Å². The summed E-state index contributed by atoms with van der Waals surface area (Å²) >= 11 is 5.99. The number of hydrogen-bond acceptors (Lipinski definition) is 3. The number of benzene rings is 1. The van der Waals surface area contributed by atoms with Crippen molar-refractivity contribution in [2.75, 3.05) is 7.11 Å². The van der Waals surface area contributed by atoms with Crippen molar-refractivity contribution < 1.29 is 14.6 Å². The molecule has 0 saturated carbocycles. The SMILES string of the molecule is COc1ncc(C(=O)O)c2c(Cl)cccc12. The summed E-state index contributed by atoms with van der Waals surface area (Å²) in [4.78, 5) is 15.0. The molecular formula is C11H8ClNO3. The molecule has 0 radical (unpaired) electrons. The maximum Gasteiger partial charge on any atom is 0.337 e. The molecule has 0 saturated heterocycles. The van der Waals surface area contributed by atoms with Gasteiger partial charge in [0.05, 0.1) is 12.7 Å². The zero-order valence-corrected chi connectivity index (χ0v) is 9.15. The number of carboxylic acid groups (broad SMARTS) is 1. The lowest BCUT2D eigenvalue weighted by Gasteiger charge is -2.07. The number of nitrogens with zero attached hydrogens (tertiary/aromatic N) is 1. The summed E-state index contributed by atoms with van der Waals surface area (Å²) in [5.74, 6) is -0.698. The fourth-order valence-electron chi connectivity index (χ4n) is 1.56. The largest absolute Gasteiger partial charge is 0.481 e. The van der Waals surface area contributed by atoms with Crippen LogP contribution in [0.25, 0.3) is 10.8 Å². The third-order valence-corrected chi connectivity index (χ3v) is 2.56. The molecule has 5 heteroatoms. The van der Waals surface area contributed by atoms with Gasteiger partial charge in [0.25, 0.3) is 0 Å². The number of rotatable bonds is 2. The second-order valence-electron chi connectivity index (χ2n) is 3.15. The quantitative estimate of drug-likeness (QED) is 0.872. The van der Waals surface area contributed by atoms with Crippen molar-refractivity contribution >= 4 is 28.3 Å². The van der Waals surface area contributed by atoms with Gasteiger partial charge in [-0.05, 0) is 12.1 Å². The maximum absolute atomic E-state index is 11.0. The number of halogens is 1. The highest BCUT2D eigenvalue weighted by Crippen LogP contribution is 2.31. The van der Waals surface area contributed by atoms with E-state index < -0.39 is 5.97 Å². The minimum Gasteiger partial charge on any atom is -0.481 e. The van der Waals surface area contributed by atoms with E-state index in [1.807, 2.05) is 0 Å². The van der Waals surface area contributed by atoms with Crippen molar-refractivity contribution in [1.82, 2.24) is 4.98 Å². The van der Waals surface area contributed by atoms with Crippen molar-refractivity contribution in [3.8, 4) is 5.88 Å². The Morgan fingerprint density at radius 1 is 1.50 bits per heavy atom. The third-order valence-electron chi connectivity index (χ3n) is 2.25. The van der Waals surface area contributed by atoms with Gasteiger partial charge in [-0.15, -0.1) is 0 Å². The smallest absolute Gasteiger partial charge is 0.337 e. The average Bonchev–Trinajstić information content (AvgIpc) is 2.28. The fraction of sp³-hybridized carbons (Fsp3) is 0.0909. The van der Waals surface area contributed by atoms with Gasteiger partial charge in [0.1, 0.15) is 0 Å². The van der Waals surface area contributed by atoms with Crippen LogP contribution >= 0.6 is 11.6 Å². The molecule has 0 amide bonds. The Morgan fingerprint density at radius 2 is 2.25 bits per heavy atom. The monoisotopic (exact) mass is 237 g/mol. The molecule has 2 aromatic rings. The summed E-state index contributed by atoms with van der Waals surface area (Å²) in [6, 6.07) is 5.08. The summed E-state index contributed by atoms with van der Waals surface area (Å²) in [7, 11) is 1.48. The molecule has 0 aliphatic heterocycles. The molecule has 1 aromatic carbocycles. The summed E-state index contributed by atoms with van der Waals surface area (Å²) < 4.78 is 5.05. The highest BCUT2D eigenvalue weighted by atomic mass is 35.5. The van der Waals surface area contributed by atoms with Gasteiger partial charge in [-0.3, -0.25) is 0 Å². The van der Waals surface area contributed by atoms with Crippen molar-refractivity contribution in [1.29, 1.82) is 0 Å². The minimum atomic E-state index is -1.06. The maximum atomic E-state index is 11.0. The van der Waals surface area contributed by atoms with E-state index in [1.54, 1.807) is 18.2 Å². The van der Waals surface area contributed by atoms with Crippen LogP contribution in [0.4, 0.5) is 0 Å².